The average Bonchev–Trinajstić information content (AvgIpc) is 3.31. The van der Waals surface area contributed by atoms with Crippen LogP contribution in [0.15, 0.2) is 30.5 Å². The maximum atomic E-state index is 11.6. The van der Waals surface area contributed by atoms with E-state index in [2.05, 4.69) is 15.6 Å². The Morgan fingerprint density at radius 2 is 1.93 bits per heavy atom. The number of aromatic nitrogens is 3. The van der Waals surface area contributed by atoms with Crippen molar-refractivity contribution in [1.29, 1.82) is 0 Å². The van der Waals surface area contributed by atoms with Crippen LogP contribution in [0.2, 0.25) is 0 Å². The summed E-state index contributed by atoms with van der Waals surface area (Å²) in [6, 6.07) is 8.06. The van der Waals surface area contributed by atoms with Crippen LogP contribution in [0.4, 0.5) is 0 Å². The van der Waals surface area contributed by atoms with Crippen LogP contribution in [-0.4, -0.2) is 53.8 Å². The van der Waals surface area contributed by atoms with E-state index in [4.69, 9.17) is 14.5 Å². The summed E-state index contributed by atoms with van der Waals surface area (Å²) in [5, 5.41) is 1.05. The molecule has 1 fully saturated rings. The molecule has 0 bridgehead atoms. The van der Waals surface area contributed by atoms with E-state index in [0.717, 1.165) is 53.4 Å². The summed E-state index contributed by atoms with van der Waals surface area (Å²) in [6.45, 7) is 3.84. The quantitative estimate of drug-likeness (QED) is 0.516. The lowest BCUT2D eigenvalue weighted by Gasteiger charge is -2.31. The first-order valence-corrected chi connectivity index (χ1v) is 12.6. The summed E-state index contributed by atoms with van der Waals surface area (Å²) in [5.41, 5.74) is 2.41. The molecule has 8 heteroatoms. The number of nitrogens with zero attached hydrogens (tertiary/aromatic N) is 3. The van der Waals surface area contributed by atoms with Gasteiger partial charge < -0.3 is 14.0 Å². The predicted molar refractivity (Wildman–Crippen MR) is 117 cm³/mol. The molecule has 0 saturated heterocycles. The number of sulfone groups is 1. The maximum Gasteiger partial charge on any atom is 0.149 e. The number of hydrogen-bond acceptors (Lipinski definition) is 6. The van der Waals surface area contributed by atoms with E-state index in [-0.39, 0.29) is 18.0 Å². The van der Waals surface area contributed by atoms with Crippen molar-refractivity contribution in [3.63, 3.8) is 0 Å². The largest absolute Gasteiger partial charge is 0.374 e. The van der Waals surface area contributed by atoms with Crippen LogP contribution in [0.5, 0.6) is 0 Å². The standard InChI is InChI=1S/C22H29N3O4S/c1-3-28-15-20-24-19-14-23-18-9-5-4-8-17(18)21(19)25(20)16-22(10-6-7-11-22)29-12-13-30(2,26)27/h4-5,8-9,14H,3,6-7,10-13,15-16H2,1-2H3. The molecule has 0 atom stereocenters. The molecule has 0 aliphatic heterocycles. The Bertz CT molecular complexity index is 1130. The summed E-state index contributed by atoms with van der Waals surface area (Å²) in [5.74, 6) is 0.890. The molecule has 0 amide bonds. The second-order valence-electron chi connectivity index (χ2n) is 8.13. The third-order valence-electron chi connectivity index (χ3n) is 5.82. The van der Waals surface area contributed by atoms with Crippen molar-refractivity contribution in [3.8, 4) is 0 Å². The Balaban J connectivity index is 1.75. The van der Waals surface area contributed by atoms with Gasteiger partial charge in [0.25, 0.3) is 0 Å². The second kappa shape index (κ2) is 8.61. The lowest BCUT2D eigenvalue weighted by molar-refractivity contribution is -0.0456. The van der Waals surface area contributed by atoms with Gasteiger partial charge in [-0.2, -0.15) is 0 Å². The van der Waals surface area contributed by atoms with Crippen LogP contribution in [0.1, 0.15) is 38.4 Å². The van der Waals surface area contributed by atoms with Crippen molar-refractivity contribution in [2.75, 3.05) is 25.2 Å². The Morgan fingerprint density at radius 1 is 1.17 bits per heavy atom. The highest BCUT2D eigenvalue weighted by Crippen LogP contribution is 2.37. The molecule has 162 valence electrons. The lowest BCUT2D eigenvalue weighted by Crippen LogP contribution is -2.36. The fraction of sp³-hybridized carbons (Fsp3) is 0.545. The minimum atomic E-state index is -3.06. The van der Waals surface area contributed by atoms with Crippen LogP contribution >= 0.6 is 0 Å². The molecular formula is C22H29N3O4S. The third-order valence-corrected chi connectivity index (χ3v) is 6.73. The van der Waals surface area contributed by atoms with Gasteiger partial charge in [-0.25, -0.2) is 13.4 Å². The number of rotatable bonds is 9. The first-order valence-electron chi connectivity index (χ1n) is 10.5. The Hall–Kier alpha value is -2.03. The van der Waals surface area contributed by atoms with Gasteiger partial charge >= 0.3 is 0 Å². The van der Waals surface area contributed by atoms with E-state index < -0.39 is 9.84 Å². The van der Waals surface area contributed by atoms with Gasteiger partial charge in [0, 0.05) is 18.2 Å². The molecule has 4 rings (SSSR count). The van der Waals surface area contributed by atoms with E-state index in [1.165, 1.54) is 6.26 Å². The number of pyridine rings is 1. The van der Waals surface area contributed by atoms with Gasteiger partial charge in [-0.1, -0.05) is 31.0 Å². The van der Waals surface area contributed by atoms with Gasteiger partial charge in [0.15, 0.2) is 0 Å². The van der Waals surface area contributed by atoms with Crippen LogP contribution in [-0.2, 0) is 32.5 Å². The normalized spacial score (nSPS) is 16.6. The van der Waals surface area contributed by atoms with Gasteiger partial charge in [-0.05, 0) is 25.8 Å². The number of benzene rings is 1. The predicted octanol–water partition coefficient (Wildman–Crippen LogP) is 3.50. The minimum absolute atomic E-state index is 0.0398. The Kier molecular flexibility index (Phi) is 6.09. The molecule has 30 heavy (non-hydrogen) atoms. The topological polar surface area (TPSA) is 83.3 Å². The van der Waals surface area contributed by atoms with Crippen LogP contribution < -0.4 is 0 Å². The van der Waals surface area contributed by atoms with E-state index in [9.17, 15) is 8.42 Å². The molecule has 1 saturated carbocycles. The molecule has 1 aliphatic rings. The highest BCUT2D eigenvalue weighted by Gasteiger charge is 2.37. The summed E-state index contributed by atoms with van der Waals surface area (Å²) < 4.78 is 37.4. The zero-order chi connectivity index (χ0) is 21.2. The average molecular weight is 432 g/mol. The van der Waals surface area contributed by atoms with Crippen LogP contribution in [0.3, 0.4) is 0 Å². The number of ether oxygens (including phenoxy) is 2. The molecule has 1 aromatic carbocycles. The molecular weight excluding hydrogens is 402 g/mol. The summed E-state index contributed by atoms with van der Waals surface area (Å²) >= 11 is 0. The molecule has 2 heterocycles. The molecule has 0 N–H and O–H groups in total. The minimum Gasteiger partial charge on any atom is -0.374 e. The molecule has 0 spiro atoms. The summed E-state index contributed by atoms with van der Waals surface area (Å²) in [7, 11) is -3.06. The Labute approximate surface area is 177 Å². The number of imidazole rings is 1. The smallest absolute Gasteiger partial charge is 0.149 e. The van der Waals surface area contributed by atoms with Crippen molar-refractivity contribution < 1.29 is 17.9 Å². The zero-order valence-electron chi connectivity index (χ0n) is 17.6. The lowest BCUT2D eigenvalue weighted by atomic mass is 10.0. The van der Waals surface area contributed by atoms with Crippen molar-refractivity contribution in [2.45, 2.75) is 51.4 Å². The highest BCUT2D eigenvalue weighted by atomic mass is 32.2. The monoisotopic (exact) mass is 431 g/mol. The zero-order valence-corrected chi connectivity index (χ0v) is 18.5. The first kappa shape index (κ1) is 21.2. The maximum absolute atomic E-state index is 11.6. The summed E-state index contributed by atoms with van der Waals surface area (Å²) in [4.78, 5) is 9.37. The third kappa shape index (κ3) is 4.50. The fourth-order valence-electron chi connectivity index (χ4n) is 4.35. The summed E-state index contributed by atoms with van der Waals surface area (Å²) in [6.07, 6.45) is 7.04. The van der Waals surface area contributed by atoms with E-state index in [1.807, 2.05) is 31.3 Å². The van der Waals surface area contributed by atoms with E-state index in [1.54, 1.807) is 0 Å². The van der Waals surface area contributed by atoms with Gasteiger partial charge in [-0.15, -0.1) is 0 Å². The van der Waals surface area contributed by atoms with Crippen LogP contribution in [0.25, 0.3) is 21.9 Å². The van der Waals surface area contributed by atoms with Gasteiger partial charge in [-0.3, -0.25) is 4.98 Å². The molecule has 7 nitrogen and oxygen atoms in total. The first-order chi connectivity index (χ1) is 14.4. The van der Waals surface area contributed by atoms with Crippen molar-refractivity contribution >= 4 is 31.8 Å². The Morgan fingerprint density at radius 3 is 2.67 bits per heavy atom. The van der Waals surface area contributed by atoms with E-state index >= 15 is 0 Å². The van der Waals surface area contributed by atoms with Gasteiger partial charge in [0.05, 0.1) is 41.7 Å². The molecule has 3 aromatic rings. The second-order valence-corrected chi connectivity index (χ2v) is 10.4. The number of fused-ring (bicyclic) bond motifs is 3. The van der Waals surface area contributed by atoms with Gasteiger partial charge in [0.1, 0.15) is 27.8 Å². The van der Waals surface area contributed by atoms with Crippen molar-refractivity contribution in [2.24, 2.45) is 0 Å². The highest BCUT2D eigenvalue weighted by molar-refractivity contribution is 7.90. The van der Waals surface area contributed by atoms with Crippen molar-refractivity contribution in [1.82, 2.24) is 14.5 Å². The SMILES string of the molecule is CCOCc1nc2cnc3ccccc3c2n1CC1(OCCS(C)(=O)=O)CCCC1. The van der Waals surface area contributed by atoms with Crippen LogP contribution in [0, 0.1) is 0 Å². The molecule has 2 aromatic heterocycles. The number of hydrogen-bond donors (Lipinski definition) is 0. The molecule has 0 unspecified atom stereocenters. The fourth-order valence-corrected chi connectivity index (χ4v) is 4.74. The number of para-hydroxylation sites is 1. The van der Waals surface area contributed by atoms with E-state index in [0.29, 0.717) is 19.8 Å². The molecule has 0 radical (unpaired) electrons. The molecule has 1 aliphatic carbocycles. The van der Waals surface area contributed by atoms with Crippen molar-refractivity contribution in [3.05, 3.63) is 36.3 Å². The van der Waals surface area contributed by atoms with Gasteiger partial charge in [0.2, 0.25) is 0 Å².